The van der Waals surface area contributed by atoms with Crippen molar-refractivity contribution >= 4 is 11.9 Å². The lowest BCUT2D eigenvalue weighted by molar-refractivity contribution is -0.143. The van der Waals surface area contributed by atoms with Crippen LogP contribution in [0.25, 0.3) is 0 Å². The molecule has 1 heterocycles. The summed E-state index contributed by atoms with van der Waals surface area (Å²) in [6, 6.07) is -0.815. The van der Waals surface area contributed by atoms with Crippen LogP contribution in [-0.4, -0.2) is 71.0 Å². The van der Waals surface area contributed by atoms with Gasteiger partial charge in [-0.05, 0) is 45.8 Å². The van der Waals surface area contributed by atoms with Gasteiger partial charge in [-0.2, -0.15) is 0 Å². The highest BCUT2D eigenvalue weighted by atomic mass is 16.4. The van der Waals surface area contributed by atoms with Gasteiger partial charge in [0.25, 0.3) is 0 Å². The summed E-state index contributed by atoms with van der Waals surface area (Å²) < 4.78 is 0. The van der Waals surface area contributed by atoms with E-state index in [2.05, 4.69) is 5.32 Å². The minimum absolute atomic E-state index is 0.0784. The Balaban J connectivity index is 0.000000388. The molecule has 0 aromatic rings. The summed E-state index contributed by atoms with van der Waals surface area (Å²) in [5.41, 5.74) is 0. The molecule has 1 saturated heterocycles. The first kappa shape index (κ1) is 18.8. The average Bonchev–Trinajstić information content (AvgIpc) is 2.90. The Morgan fingerprint density at radius 3 is 2.35 bits per heavy atom. The number of aliphatic hydroxyl groups excluding tert-OH is 1. The van der Waals surface area contributed by atoms with Gasteiger partial charge in [-0.1, -0.05) is 6.92 Å². The first-order chi connectivity index (χ1) is 9.43. The third-order valence-electron chi connectivity index (χ3n) is 3.15. The zero-order valence-electron chi connectivity index (χ0n) is 12.2. The maximum atomic E-state index is 10.7. The molecule has 7 heteroatoms. The minimum atomic E-state index is -0.861. The predicted octanol–water partition coefficient (Wildman–Crippen LogP) is -0.0132. The summed E-state index contributed by atoms with van der Waals surface area (Å²) in [6.07, 6.45) is 3.00. The number of carboxylic acid groups (broad SMARTS) is 2. The Bertz CT molecular complexity index is 292. The van der Waals surface area contributed by atoms with Crippen LogP contribution in [0.15, 0.2) is 0 Å². The molecule has 0 aliphatic carbocycles. The quantitative estimate of drug-likeness (QED) is 0.522. The van der Waals surface area contributed by atoms with Crippen molar-refractivity contribution < 1.29 is 24.9 Å². The molecular weight excluding hydrogens is 264 g/mol. The van der Waals surface area contributed by atoms with Crippen molar-refractivity contribution in [1.82, 2.24) is 10.2 Å². The van der Waals surface area contributed by atoms with Gasteiger partial charge >= 0.3 is 11.9 Å². The van der Waals surface area contributed by atoms with E-state index in [1.54, 1.807) is 11.9 Å². The highest BCUT2D eigenvalue weighted by molar-refractivity contribution is 5.73. The Kier molecular flexibility index (Phi) is 9.96. The fourth-order valence-electron chi connectivity index (χ4n) is 2.06. The normalized spacial score (nSPS) is 19.3. The second kappa shape index (κ2) is 10.6. The van der Waals surface area contributed by atoms with Gasteiger partial charge in [-0.25, -0.2) is 0 Å². The van der Waals surface area contributed by atoms with Crippen LogP contribution in [0.5, 0.6) is 0 Å². The number of nitrogens with one attached hydrogen (secondary N) is 1. The van der Waals surface area contributed by atoms with Crippen LogP contribution in [-0.2, 0) is 9.59 Å². The molecular formula is C13H26N2O5. The maximum absolute atomic E-state index is 10.7. The van der Waals surface area contributed by atoms with E-state index in [1.807, 2.05) is 6.92 Å². The Labute approximate surface area is 119 Å². The zero-order valence-corrected chi connectivity index (χ0v) is 12.2. The van der Waals surface area contributed by atoms with Crippen LogP contribution in [0.1, 0.15) is 32.6 Å². The molecule has 118 valence electrons. The second-order valence-corrected chi connectivity index (χ2v) is 4.83. The SMILES string of the molecule is CCCN(C)C(CCO)C(=O)O.O=C(O)[C@@H]1CCCN1. The largest absolute Gasteiger partial charge is 0.480 e. The molecule has 0 radical (unpaired) electrons. The van der Waals surface area contributed by atoms with Crippen LogP contribution in [0, 0.1) is 0 Å². The van der Waals surface area contributed by atoms with Gasteiger partial charge in [0.15, 0.2) is 0 Å². The number of carbonyl (C=O) groups is 2. The summed E-state index contributed by atoms with van der Waals surface area (Å²) in [6.45, 7) is 3.52. The molecule has 1 aliphatic heterocycles. The summed E-state index contributed by atoms with van der Waals surface area (Å²) in [5, 5.41) is 28.6. The van der Waals surface area contributed by atoms with Gasteiger partial charge in [0.2, 0.25) is 0 Å². The monoisotopic (exact) mass is 290 g/mol. The summed E-state index contributed by atoms with van der Waals surface area (Å²) >= 11 is 0. The number of nitrogens with zero attached hydrogens (tertiary/aromatic N) is 1. The lowest BCUT2D eigenvalue weighted by Gasteiger charge is -2.22. The maximum Gasteiger partial charge on any atom is 0.320 e. The Morgan fingerprint density at radius 1 is 1.40 bits per heavy atom. The molecule has 1 fully saturated rings. The molecule has 0 spiro atoms. The van der Waals surface area contributed by atoms with E-state index in [4.69, 9.17) is 15.3 Å². The third-order valence-corrected chi connectivity index (χ3v) is 3.15. The van der Waals surface area contributed by atoms with E-state index in [0.717, 1.165) is 32.4 Å². The van der Waals surface area contributed by atoms with Gasteiger partial charge in [0.1, 0.15) is 12.1 Å². The van der Waals surface area contributed by atoms with Gasteiger partial charge in [0.05, 0.1) is 0 Å². The van der Waals surface area contributed by atoms with Crippen LogP contribution in [0.2, 0.25) is 0 Å². The zero-order chi connectivity index (χ0) is 15.5. The van der Waals surface area contributed by atoms with Crippen molar-refractivity contribution in [2.45, 2.75) is 44.7 Å². The lowest BCUT2D eigenvalue weighted by Crippen LogP contribution is -2.39. The minimum Gasteiger partial charge on any atom is -0.480 e. The van der Waals surface area contributed by atoms with E-state index in [-0.39, 0.29) is 12.6 Å². The molecule has 0 amide bonds. The molecule has 20 heavy (non-hydrogen) atoms. The van der Waals surface area contributed by atoms with Crippen LogP contribution in [0.3, 0.4) is 0 Å². The molecule has 4 N–H and O–H groups in total. The lowest BCUT2D eigenvalue weighted by atomic mass is 10.2. The molecule has 0 aromatic heterocycles. The molecule has 7 nitrogen and oxygen atoms in total. The number of hydrogen-bond acceptors (Lipinski definition) is 5. The summed E-state index contributed by atoms with van der Waals surface area (Å²) in [4.78, 5) is 22.5. The fraction of sp³-hybridized carbons (Fsp3) is 0.846. The van der Waals surface area contributed by atoms with Gasteiger partial charge in [0, 0.05) is 6.61 Å². The van der Waals surface area contributed by atoms with Crippen LogP contribution >= 0.6 is 0 Å². The molecule has 2 atom stereocenters. The first-order valence-corrected chi connectivity index (χ1v) is 6.94. The van der Waals surface area contributed by atoms with Crippen LogP contribution in [0.4, 0.5) is 0 Å². The fourth-order valence-corrected chi connectivity index (χ4v) is 2.06. The standard InChI is InChI=1S/C8H17NO3.C5H9NO2/c1-3-5-9(2)7(4-6-10)8(11)12;7-5(8)4-2-1-3-6-4/h7,10H,3-6H2,1-2H3,(H,11,12);4,6H,1-3H2,(H,7,8)/t;4-/m.0/s1. The average molecular weight is 290 g/mol. The molecule has 0 bridgehead atoms. The van der Waals surface area contributed by atoms with E-state index in [1.165, 1.54) is 0 Å². The van der Waals surface area contributed by atoms with Gasteiger partial charge < -0.3 is 20.6 Å². The van der Waals surface area contributed by atoms with Crippen molar-refractivity contribution in [3.05, 3.63) is 0 Å². The molecule has 0 saturated carbocycles. The summed E-state index contributed by atoms with van der Waals surface area (Å²) in [5.74, 6) is -1.58. The van der Waals surface area contributed by atoms with Crippen molar-refractivity contribution in [3.8, 4) is 0 Å². The van der Waals surface area contributed by atoms with E-state index in [9.17, 15) is 9.59 Å². The Morgan fingerprint density at radius 2 is 2.05 bits per heavy atom. The second-order valence-electron chi connectivity index (χ2n) is 4.83. The van der Waals surface area contributed by atoms with Crippen molar-refractivity contribution in [2.75, 3.05) is 26.7 Å². The van der Waals surface area contributed by atoms with Crippen molar-refractivity contribution in [3.63, 3.8) is 0 Å². The number of aliphatic hydroxyl groups is 1. The number of aliphatic carboxylic acids is 2. The topological polar surface area (TPSA) is 110 Å². The number of hydrogen-bond donors (Lipinski definition) is 4. The first-order valence-electron chi connectivity index (χ1n) is 6.94. The van der Waals surface area contributed by atoms with Gasteiger partial charge in [-0.3, -0.25) is 14.5 Å². The van der Waals surface area contributed by atoms with Gasteiger partial charge in [-0.15, -0.1) is 0 Å². The third kappa shape index (κ3) is 7.42. The Hall–Kier alpha value is -1.18. The molecule has 1 unspecified atom stereocenters. The number of likely N-dealkylation sites (N-methyl/N-ethyl adjacent to an activating group) is 1. The number of carboxylic acids is 2. The molecule has 1 aliphatic rings. The van der Waals surface area contributed by atoms with Crippen molar-refractivity contribution in [2.24, 2.45) is 0 Å². The molecule has 1 rings (SSSR count). The summed E-state index contributed by atoms with van der Waals surface area (Å²) in [7, 11) is 1.76. The number of rotatable bonds is 7. The van der Waals surface area contributed by atoms with E-state index < -0.39 is 18.0 Å². The van der Waals surface area contributed by atoms with E-state index >= 15 is 0 Å². The highest BCUT2D eigenvalue weighted by Crippen LogP contribution is 2.03. The highest BCUT2D eigenvalue weighted by Gasteiger charge is 2.21. The van der Waals surface area contributed by atoms with E-state index in [0.29, 0.717) is 6.42 Å². The predicted molar refractivity (Wildman–Crippen MR) is 74.7 cm³/mol. The van der Waals surface area contributed by atoms with Crippen molar-refractivity contribution in [1.29, 1.82) is 0 Å². The smallest absolute Gasteiger partial charge is 0.320 e. The van der Waals surface area contributed by atoms with Crippen LogP contribution < -0.4 is 5.32 Å². The molecule has 0 aromatic carbocycles.